The van der Waals surface area contributed by atoms with Crippen molar-refractivity contribution in [3.05, 3.63) is 18.1 Å². The fourth-order valence-electron chi connectivity index (χ4n) is 1.77. The maximum atomic E-state index is 12.3. The Hall–Kier alpha value is -2.26. The summed E-state index contributed by atoms with van der Waals surface area (Å²) in [6, 6.07) is 1.08. The van der Waals surface area contributed by atoms with E-state index in [9.17, 15) is 14.0 Å². The molecule has 0 aromatic carbocycles. The summed E-state index contributed by atoms with van der Waals surface area (Å²) in [5.41, 5.74) is 5.07. The first-order chi connectivity index (χ1) is 12.1. The van der Waals surface area contributed by atoms with Gasteiger partial charge in [0, 0.05) is 19.2 Å². The first-order valence-corrected chi connectivity index (χ1v) is 8.12. The highest BCUT2D eigenvalue weighted by atomic mass is 19.1. The van der Waals surface area contributed by atoms with Crippen LogP contribution in [-0.2, 0) is 19.1 Å². The highest BCUT2D eigenvalue weighted by Crippen LogP contribution is 2.13. The molecular weight excluding hydrogens is 343 g/mol. The minimum absolute atomic E-state index is 0.108. The molecule has 8 nitrogen and oxygen atoms in total. The number of nitrogens with two attached hydrogens (primary N) is 1. The number of ether oxygens (including phenoxy) is 2. The summed E-state index contributed by atoms with van der Waals surface area (Å²) in [5, 5.41) is 2.22. The standard InChI is InChI=1S/C6H6FN3O.C6H13NO.C5H10O2/c7-4-1-5(8)6(9-2-4)10-3-11;1-6-5-7(2)3-4-8-6;1-5(2,3)7-4-6/h1-3H,8H2,(H,9,10,11);6H,3-5H2,1-2H3;4H,1-3H3. The van der Waals surface area contributed by atoms with Crippen molar-refractivity contribution in [2.75, 3.05) is 37.8 Å². The largest absolute Gasteiger partial charge is 0.462 e. The van der Waals surface area contributed by atoms with Gasteiger partial charge in [-0.25, -0.2) is 9.37 Å². The van der Waals surface area contributed by atoms with Crippen LogP contribution in [0.3, 0.4) is 0 Å². The molecule has 0 saturated carbocycles. The van der Waals surface area contributed by atoms with Crippen molar-refractivity contribution in [2.45, 2.75) is 39.4 Å². The third kappa shape index (κ3) is 12.2. The molecule has 2 rings (SSSR count). The molecule has 148 valence electrons. The van der Waals surface area contributed by atoms with Gasteiger partial charge in [-0.05, 0) is 34.7 Å². The second-order valence-electron chi connectivity index (χ2n) is 6.62. The number of nitrogen functional groups attached to an aromatic ring is 1. The highest BCUT2D eigenvalue weighted by Gasteiger charge is 2.11. The van der Waals surface area contributed by atoms with Gasteiger partial charge < -0.3 is 25.4 Å². The number of nitrogens with one attached hydrogen (secondary N) is 1. The molecule has 1 aromatic rings. The van der Waals surface area contributed by atoms with Crippen LogP contribution in [0.25, 0.3) is 0 Å². The lowest BCUT2D eigenvalue weighted by atomic mass is 10.2. The van der Waals surface area contributed by atoms with Crippen molar-refractivity contribution in [2.24, 2.45) is 0 Å². The zero-order valence-corrected chi connectivity index (χ0v) is 16.0. The number of nitrogens with zero attached hydrogens (tertiary/aromatic N) is 2. The quantitative estimate of drug-likeness (QED) is 0.777. The average molecular weight is 372 g/mol. The maximum absolute atomic E-state index is 12.3. The molecule has 2 heterocycles. The molecule has 26 heavy (non-hydrogen) atoms. The van der Waals surface area contributed by atoms with E-state index in [0.29, 0.717) is 19.0 Å². The van der Waals surface area contributed by atoms with E-state index in [2.05, 4.69) is 33.9 Å². The molecule has 9 heteroatoms. The summed E-state index contributed by atoms with van der Waals surface area (Å²) in [7, 11) is 2.12. The lowest BCUT2D eigenvalue weighted by molar-refractivity contribution is -0.138. The van der Waals surface area contributed by atoms with E-state index in [1.165, 1.54) is 0 Å². The summed E-state index contributed by atoms with van der Waals surface area (Å²) < 4.78 is 22.2. The Bertz CT molecular complexity index is 544. The Morgan fingerprint density at radius 2 is 2.12 bits per heavy atom. The van der Waals surface area contributed by atoms with E-state index in [0.717, 1.165) is 32.0 Å². The van der Waals surface area contributed by atoms with Gasteiger partial charge in [-0.3, -0.25) is 9.59 Å². The number of hydrogen-bond acceptors (Lipinski definition) is 7. The molecule has 1 unspecified atom stereocenters. The Labute approximate surface area is 153 Å². The fraction of sp³-hybridized carbons (Fsp3) is 0.588. The van der Waals surface area contributed by atoms with Gasteiger partial charge in [-0.15, -0.1) is 0 Å². The summed E-state index contributed by atoms with van der Waals surface area (Å²) >= 11 is 0. The molecule has 1 aliphatic heterocycles. The SMILES string of the molecule is CC(C)(C)OC=O.CC1CN(C)CCO1.Nc1cc(F)cnc1NC=O. The second kappa shape index (κ2) is 12.2. The number of hydrogen-bond donors (Lipinski definition) is 2. The van der Waals surface area contributed by atoms with E-state index >= 15 is 0 Å². The Morgan fingerprint density at radius 1 is 1.46 bits per heavy atom. The van der Waals surface area contributed by atoms with Gasteiger partial charge in [0.2, 0.25) is 6.41 Å². The smallest absolute Gasteiger partial charge is 0.293 e. The zero-order valence-electron chi connectivity index (χ0n) is 16.0. The van der Waals surface area contributed by atoms with Gasteiger partial charge in [0.25, 0.3) is 6.47 Å². The Balaban J connectivity index is 0.000000373. The number of pyridine rings is 1. The first-order valence-electron chi connectivity index (χ1n) is 8.12. The van der Waals surface area contributed by atoms with Crippen LogP contribution in [-0.4, -0.2) is 61.2 Å². The number of carbonyl (C=O) groups excluding carboxylic acids is 2. The average Bonchev–Trinajstić information content (AvgIpc) is 2.50. The number of anilines is 2. The predicted molar refractivity (Wildman–Crippen MR) is 98.1 cm³/mol. The Kier molecular flexibility index (Phi) is 11.1. The molecule has 1 saturated heterocycles. The minimum atomic E-state index is -0.529. The number of morpholine rings is 1. The second-order valence-corrected chi connectivity index (χ2v) is 6.62. The summed E-state index contributed by atoms with van der Waals surface area (Å²) in [6.07, 6.45) is 1.84. The van der Waals surface area contributed by atoms with E-state index in [-0.39, 0.29) is 17.1 Å². The van der Waals surface area contributed by atoms with E-state index in [4.69, 9.17) is 10.5 Å². The van der Waals surface area contributed by atoms with Crippen molar-refractivity contribution in [1.82, 2.24) is 9.88 Å². The molecule has 1 amide bonds. The molecular formula is C17H29FN4O4. The van der Waals surface area contributed by atoms with Crippen LogP contribution in [0.4, 0.5) is 15.9 Å². The molecule has 0 spiro atoms. The van der Waals surface area contributed by atoms with Crippen LogP contribution in [0.1, 0.15) is 27.7 Å². The molecule has 0 aliphatic carbocycles. The van der Waals surface area contributed by atoms with Crippen molar-refractivity contribution in [1.29, 1.82) is 0 Å². The third-order valence-electron chi connectivity index (χ3n) is 2.93. The molecule has 0 bridgehead atoms. The molecule has 3 N–H and O–H groups in total. The van der Waals surface area contributed by atoms with Crippen molar-refractivity contribution in [3.8, 4) is 0 Å². The number of amides is 1. The molecule has 0 radical (unpaired) electrons. The third-order valence-corrected chi connectivity index (χ3v) is 2.93. The van der Waals surface area contributed by atoms with Gasteiger partial charge in [0.1, 0.15) is 11.4 Å². The number of rotatable bonds is 3. The lowest BCUT2D eigenvalue weighted by Gasteiger charge is -2.27. The number of likely N-dealkylation sites (N-methyl/N-ethyl adjacent to an activating group) is 1. The Morgan fingerprint density at radius 3 is 2.46 bits per heavy atom. The zero-order chi connectivity index (χ0) is 20.2. The minimum Gasteiger partial charge on any atom is -0.462 e. The highest BCUT2D eigenvalue weighted by molar-refractivity contribution is 5.76. The molecule has 1 fully saturated rings. The maximum Gasteiger partial charge on any atom is 0.293 e. The van der Waals surface area contributed by atoms with Crippen molar-refractivity contribution in [3.63, 3.8) is 0 Å². The predicted octanol–water partition coefficient (Wildman–Crippen LogP) is 1.67. The normalized spacial score (nSPS) is 16.9. The molecule has 1 aromatic heterocycles. The number of carbonyl (C=O) groups is 2. The lowest BCUT2D eigenvalue weighted by Crippen LogP contribution is -2.38. The van der Waals surface area contributed by atoms with E-state index in [1.54, 1.807) is 0 Å². The fourth-order valence-corrected chi connectivity index (χ4v) is 1.77. The van der Waals surface area contributed by atoms with Gasteiger partial charge in [-0.1, -0.05) is 0 Å². The van der Waals surface area contributed by atoms with E-state index < -0.39 is 5.82 Å². The van der Waals surface area contributed by atoms with Crippen LogP contribution < -0.4 is 11.1 Å². The van der Waals surface area contributed by atoms with Crippen LogP contribution in [0.15, 0.2) is 12.3 Å². The number of aromatic nitrogens is 1. The van der Waals surface area contributed by atoms with E-state index in [1.807, 2.05) is 20.8 Å². The summed E-state index contributed by atoms with van der Waals surface area (Å²) in [6.45, 7) is 11.1. The van der Waals surface area contributed by atoms with Gasteiger partial charge >= 0.3 is 0 Å². The van der Waals surface area contributed by atoms with Gasteiger partial charge in [-0.2, -0.15) is 0 Å². The first kappa shape index (κ1) is 23.7. The topological polar surface area (TPSA) is 107 Å². The van der Waals surface area contributed by atoms with Crippen molar-refractivity contribution < 1.29 is 23.5 Å². The molecule has 1 atom stereocenters. The molecule has 1 aliphatic rings. The van der Waals surface area contributed by atoms with Gasteiger partial charge in [0.15, 0.2) is 5.82 Å². The van der Waals surface area contributed by atoms with Crippen molar-refractivity contribution >= 4 is 24.4 Å². The van der Waals surface area contributed by atoms with Crippen LogP contribution in [0, 0.1) is 5.82 Å². The van der Waals surface area contributed by atoms with Crippen LogP contribution >= 0.6 is 0 Å². The van der Waals surface area contributed by atoms with Gasteiger partial charge in [0.05, 0.1) is 24.6 Å². The summed E-state index contributed by atoms with van der Waals surface area (Å²) in [5.74, 6) is -0.361. The monoisotopic (exact) mass is 372 g/mol. The summed E-state index contributed by atoms with van der Waals surface area (Å²) in [4.78, 5) is 25.3. The van der Waals surface area contributed by atoms with Crippen LogP contribution in [0.2, 0.25) is 0 Å². The number of halogens is 1. The van der Waals surface area contributed by atoms with Crippen LogP contribution in [0.5, 0.6) is 0 Å².